The van der Waals surface area contributed by atoms with E-state index in [1.165, 1.54) is 178 Å². The summed E-state index contributed by atoms with van der Waals surface area (Å²) in [6, 6.07) is 38.6. The fourth-order valence-corrected chi connectivity index (χ4v) is 18.2. The van der Waals surface area contributed by atoms with Gasteiger partial charge < -0.3 is 28.3 Å². The number of aromatic nitrogens is 9. The number of pyridine rings is 3. The first-order valence-corrected chi connectivity index (χ1v) is 44.0. The summed E-state index contributed by atoms with van der Waals surface area (Å²) in [6.45, 7) is 2.31. The van der Waals surface area contributed by atoms with Crippen molar-refractivity contribution in [1.82, 2.24) is 48.5 Å². The predicted octanol–water partition coefficient (Wildman–Crippen LogP) is 15.1. The lowest BCUT2D eigenvalue weighted by molar-refractivity contribution is -0.149. The molecule has 30 nitrogen and oxygen atoms in total. The van der Waals surface area contributed by atoms with Gasteiger partial charge in [-0.3, -0.25) is 42.6 Å². The maximum Gasteiger partial charge on any atom is 0.602 e. The van der Waals surface area contributed by atoms with Gasteiger partial charge in [-0.05, 0) is 198 Å². The van der Waals surface area contributed by atoms with Crippen LogP contribution in [-0.2, 0) is 55.5 Å². The first-order chi connectivity index (χ1) is 61.3. The molecule has 0 amide bonds. The van der Waals surface area contributed by atoms with Gasteiger partial charge in [0.15, 0.2) is 0 Å². The highest BCUT2D eigenvalue weighted by atomic mass is 79.9. The molecule has 1 unspecified atom stereocenters. The van der Waals surface area contributed by atoms with Crippen LogP contribution < -0.4 is 49.4 Å². The van der Waals surface area contributed by atoms with E-state index in [9.17, 15) is 80.0 Å². The van der Waals surface area contributed by atoms with Crippen LogP contribution in [0.5, 0.6) is 23.0 Å². The number of benzene rings is 7. The molecule has 131 heavy (non-hydrogen) atoms. The Morgan fingerprint density at radius 2 is 0.847 bits per heavy atom. The number of alkyl halides is 6. The zero-order valence-electron chi connectivity index (χ0n) is 68.3. The smallest absolute Gasteiger partial charge is 0.498 e. The minimum Gasteiger partial charge on any atom is -0.498 e. The van der Waals surface area contributed by atoms with E-state index >= 15 is 8.78 Å². The van der Waals surface area contributed by atoms with Crippen LogP contribution in [-0.4, -0.2) is 154 Å². The third-order valence-corrected chi connectivity index (χ3v) is 26.2. The number of likely N-dealkylation sites (N-methyl/N-ethyl adjacent to an activating group) is 1. The highest BCUT2D eigenvalue weighted by Crippen LogP contribution is 2.59. The lowest BCUT2D eigenvalue weighted by Gasteiger charge is -2.23. The molecule has 0 bridgehead atoms. The Bertz CT molecular complexity index is 6790. The molecular formula is C87H80BBrF9N13O17S3. The summed E-state index contributed by atoms with van der Waals surface area (Å²) in [5.74, 6) is -7.05. The minimum atomic E-state index is -4.44. The van der Waals surface area contributed by atoms with Crippen molar-refractivity contribution < 1.29 is 103 Å². The lowest BCUT2D eigenvalue weighted by Crippen LogP contribution is -2.42. The molecule has 2 N–H and O–H groups in total. The molecule has 6 atom stereocenters. The summed E-state index contributed by atoms with van der Waals surface area (Å²) in [6.07, 6.45) is 0.0362. The van der Waals surface area contributed by atoms with Crippen LogP contribution in [0.15, 0.2) is 241 Å². The van der Waals surface area contributed by atoms with Crippen molar-refractivity contribution in [1.29, 1.82) is 0 Å². The van der Waals surface area contributed by atoms with Crippen molar-refractivity contribution in [2.75, 3.05) is 62.3 Å². The first kappa shape index (κ1) is 96.8. The Morgan fingerprint density at radius 1 is 0.481 bits per heavy atom. The third kappa shape index (κ3) is 21.6. The summed E-state index contributed by atoms with van der Waals surface area (Å²) in [4.78, 5) is 86.2. The average Bonchev–Trinajstić information content (AvgIpc) is 1.67. The van der Waals surface area contributed by atoms with Crippen LogP contribution >= 0.6 is 15.9 Å². The van der Waals surface area contributed by atoms with E-state index in [1.807, 2.05) is 0 Å². The van der Waals surface area contributed by atoms with Gasteiger partial charge in [0.1, 0.15) is 40.4 Å². The van der Waals surface area contributed by atoms with Crippen molar-refractivity contribution >= 4 is 116 Å². The van der Waals surface area contributed by atoms with Crippen LogP contribution in [0.4, 0.5) is 57.4 Å². The van der Waals surface area contributed by atoms with E-state index in [-0.39, 0.29) is 159 Å². The fourth-order valence-electron chi connectivity index (χ4n) is 14.5. The number of nitrogens with zero attached hydrogens (tertiary/aromatic N) is 11. The van der Waals surface area contributed by atoms with Gasteiger partial charge in [0.05, 0.1) is 113 Å². The molecule has 3 saturated carbocycles. The number of ether oxygens (including phenoxy) is 4. The van der Waals surface area contributed by atoms with Crippen LogP contribution in [0.25, 0.3) is 49.8 Å². The molecule has 6 aromatic heterocycles. The molecule has 7 heterocycles. The standard InChI is InChI=1S/C28H22BrFN4O5S.2C24H18F4N4O4S.C9H14BNO4.2CH4/c1-38-20-7-4-18(5-8-20)17-33(28-31-12-3-13-32-28)40(36,37)21-9-10-24-19(14-21)6-11-27(35)34(24)25-16-23(30)22(29)15-26(25)39-2;2*1-36-21-11-16(15-10-17(15)24(26,27)28)18(25)12-20(21)32-19-5-4-14(9-13(19)3-6-22(32)33)37(34,35)31-23-29-7-2-8-30-23;1-6-3-7(6)10-14-8(12)4-11(2)5-9(13)15-10;;/h3-16H,17H2,1-2H3;2*2-9,11-12,15,17H,10H2,1H3,(H,29,30,31);6-7H,3-5H2,1-2H3;2*1H4/t;2*15-,17+;6-,7?;;/m.100../s1. The molecule has 1 saturated heterocycles. The molecule has 686 valence electrons. The maximum atomic E-state index is 15.0. The number of nitrogens with one attached hydrogen (secondary N) is 2. The van der Waals surface area contributed by atoms with Crippen LogP contribution in [0.1, 0.15) is 69.6 Å². The van der Waals surface area contributed by atoms with Gasteiger partial charge in [-0.15, -0.1) is 0 Å². The average molecular weight is 1940 g/mol. The van der Waals surface area contributed by atoms with Gasteiger partial charge >= 0.3 is 31.4 Å². The Labute approximate surface area is 751 Å². The van der Waals surface area contributed by atoms with E-state index < -0.39 is 107 Å². The van der Waals surface area contributed by atoms with E-state index in [0.29, 0.717) is 38.9 Å². The van der Waals surface area contributed by atoms with E-state index in [2.05, 4.69) is 62.2 Å². The number of carbonyl (C=O) groups excluding carboxylic acids is 2. The second-order valence-electron chi connectivity index (χ2n) is 29.9. The Hall–Kier alpha value is -13.3. The topological polar surface area (TPSA) is 366 Å². The number of sulfonamides is 3. The maximum absolute atomic E-state index is 15.0. The quantitative estimate of drug-likeness (QED) is 0.0498. The molecule has 0 radical (unpaired) electrons. The zero-order valence-corrected chi connectivity index (χ0v) is 72.3. The molecule has 0 spiro atoms. The second-order valence-corrected chi connectivity index (χ2v) is 35.9. The number of methoxy groups -OCH3 is 4. The van der Waals surface area contributed by atoms with Crippen molar-refractivity contribution in [2.24, 2.45) is 17.8 Å². The Morgan fingerprint density at radius 3 is 1.21 bits per heavy atom. The molecule has 4 fully saturated rings. The second kappa shape index (κ2) is 39.2. The molecule has 3 aliphatic carbocycles. The Balaban J connectivity index is 0.000000163. The van der Waals surface area contributed by atoms with Gasteiger partial charge in [0.2, 0.25) is 17.8 Å². The summed E-state index contributed by atoms with van der Waals surface area (Å²) in [5.41, 5.74) is -0.259. The van der Waals surface area contributed by atoms with E-state index in [0.717, 1.165) is 44.1 Å². The number of fused-ring (bicyclic) bond motifs is 3. The number of hydrogen-bond donors (Lipinski definition) is 2. The number of anilines is 3. The summed E-state index contributed by atoms with van der Waals surface area (Å²) in [7, 11) is -5.83. The number of carbonyl (C=O) groups is 2. The summed E-state index contributed by atoms with van der Waals surface area (Å²) in [5, 5.41) is 1.08. The number of hydrogen-bond acceptors (Lipinski definition) is 24. The van der Waals surface area contributed by atoms with Crippen molar-refractivity contribution in [2.45, 2.75) is 92.3 Å². The van der Waals surface area contributed by atoms with Crippen molar-refractivity contribution in [3.05, 3.63) is 277 Å². The predicted molar refractivity (Wildman–Crippen MR) is 470 cm³/mol. The molecular weight excluding hydrogens is 1860 g/mol. The molecule has 13 aromatic rings. The van der Waals surface area contributed by atoms with Gasteiger partial charge in [-0.2, -0.15) is 26.3 Å². The van der Waals surface area contributed by atoms with Crippen molar-refractivity contribution in [3.63, 3.8) is 0 Å². The zero-order chi connectivity index (χ0) is 92.5. The first-order valence-electron chi connectivity index (χ1n) is 38.8. The van der Waals surface area contributed by atoms with Crippen LogP contribution in [0.3, 0.4) is 0 Å². The normalized spacial score (nSPS) is 17.1. The molecule has 17 rings (SSSR count). The highest BCUT2D eigenvalue weighted by Gasteiger charge is 2.58. The lowest BCUT2D eigenvalue weighted by atomic mass is 9.80. The SMILES string of the molecule is C.C.COc1cc([C@@H]2C[C@H]2C(F)(F)F)c(F)cc1-n1c(=O)ccc2cc(S(=O)(=O)Nc3ncccn3)ccc21.COc1cc([C@H]2C[C@@H]2C(F)(F)F)c(F)cc1-n1c(=O)ccc2cc(S(=O)(=O)Nc3ncccn3)ccc21.COc1ccc(CN(c2ncccn2)S(=O)(=O)c2ccc3c(ccc(=O)n3-c3cc(F)c(Br)cc3OC)c2)cc1.C[C@H]1CC1B1OC(=O)CN(C)CC(=O)O1. The van der Waals surface area contributed by atoms with Crippen LogP contribution in [0, 0.1) is 35.2 Å². The third-order valence-electron chi connectivity index (χ3n) is 21.2. The number of rotatable bonds is 21. The molecule has 7 aromatic carbocycles. The Kier molecular flexibility index (Phi) is 28.9. The van der Waals surface area contributed by atoms with Gasteiger partial charge in [0, 0.05) is 95.6 Å². The van der Waals surface area contributed by atoms with Crippen LogP contribution in [0.2, 0.25) is 5.82 Å². The monoisotopic (exact) mass is 1940 g/mol. The largest absolute Gasteiger partial charge is 0.602 e. The van der Waals surface area contributed by atoms with Gasteiger partial charge in [-0.1, -0.05) is 33.9 Å². The molecule has 1 aliphatic heterocycles. The number of halogens is 10. The van der Waals surface area contributed by atoms with Gasteiger partial charge in [0.25, 0.3) is 46.7 Å². The van der Waals surface area contributed by atoms with Crippen molar-refractivity contribution in [3.8, 4) is 40.1 Å². The summed E-state index contributed by atoms with van der Waals surface area (Å²) >= 11 is 3.13. The minimum absolute atomic E-state index is 0. The van der Waals surface area contributed by atoms with E-state index in [4.69, 9.17) is 28.3 Å². The molecule has 4 aliphatic rings. The highest BCUT2D eigenvalue weighted by molar-refractivity contribution is 9.10. The fraction of sp³-hybridized carbons (Fsp3) is 0.253. The molecule has 44 heteroatoms. The summed E-state index contributed by atoms with van der Waals surface area (Å²) < 4.78 is 243. The van der Waals surface area contributed by atoms with Gasteiger partial charge in [-0.25, -0.2) is 82.1 Å². The van der Waals surface area contributed by atoms with E-state index in [1.54, 1.807) is 49.4 Å².